The number of aromatic nitrogens is 1. The van der Waals surface area contributed by atoms with Gasteiger partial charge < -0.3 is 19.5 Å². The summed E-state index contributed by atoms with van der Waals surface area (Å²) in [7, 11) is 1.84. The highest BCUT2D eigenvalue weighted by molar-refractivity contribution is 5.98. The first-order valence-corrected chi connectivity index (χ1v) is 9.82. The van der Waals surface area contributed by atoms with Crippen molar-refractivity contribution in [3.8, 4) is 5.75 Å². The molecule has 5 nitrogen and oxygen atoms in total. The van der Waals surface area contributed by atoms with E-state index in [0.29, 0.717) is 12.2 Å². The molecular weight excluding hydrogens is 350 g/mol. The third-order valence-electron chi connectivity index (χ3n) is 5.45. The van der Waals surface area contributed by atoms with Crippen LogP contribution in [0, 0.1) is 13.8 Å². The molecule has 0 saturated heterocycles. The molecule has 1 aliphatic rings. The second-order valence-corrected chi connectivity index (χ2v) is 7.66. The summed E-state index contributed by atoms with van der Waals surface area (Å²) in [6.07, 6.45) is -0.0582. The van der Waals surface area contributed by atoms with E-state index in [4.69, 9.17) is 4.74 Å². The molecule has 1 N–H and O–H groups in total. The topological polar surface area (TPSA) is 48.6 Å². The summed E-state index contributed by atoms with van der Waals surface area (Å²) in [5, 5.41) is 1.10. The van der Waals surface area contributed by atoms with Gasteiger partial charge in [0, 0.05) is 24.5 Å². The van der Waals surface area contributed by atoms with E-state index >= 15 is 0 Å². The van der Waals surface area contributed by atoms with E-state index in [1.54, 1.807) is 4.90 Å². The lowest BCUT2D eigenvalue weighted by molar-refractivity contribution is 0.0705. The molecule has 4 rings (SSSR count). The molecule has 2 heterocycles. The Morgan fingerprint density at radius 2 is 2.04 bits per heavy atom. The van der Waals surface area contributed by atoms with Crippen LogP contribution in [0.5, 0.6) is 5.75 Å². The summed E-state index contributed by atoms with van der Waals surface area (Å²) in [5.41, 5.74) is 5.12. The van der Waals surface area contributed by atoms with Gasteiger partial charge in [0.25, 0.3) is 5.91 Å². The SMILES string of the molecule is CCN1C[C@H](CN(C)C(=O)c2cc3c(C)cc(C)cc3[nH]2)Oc2ccccc21. The van der Waals surface area contributed by atoms with Gasteiger partial charge in [-0.05, 0) is 56.2 Å². The molecule has 3 aromatic rings. The Morgan fingerprint density at radius 3 is 2.82 bits per heavy atom. The highest BCUT2D eigenvalue weighted by Crippen LogP contribution is 2.33. The number of para-hydroxylation sites is 2. The summed E-state index contributed by atoms with van der Waals surface area (Å²) in [6, 6.07) is 14.3. The molecule has 0 fully saturated rings. The molecule has 0 bridgehead atoms. The van der Waals surface area contributed by atoms with Crippen LogP contribution >= 0.6 is 0 Å². The van der Waals surface area contributed by atoms with E-state index in [1.807, 2.05) is 31.3 Å². The third-order valence-corrected chi connectivity index (χ3v) is 5.45. The monoisotopic (exact) mass is 377 g/mol. The third kappa shape index (κ3) is 3.33. The van der Waals surface area contributed by atoms with Crippen molar-refractivity contribution in [3.05, 3.63) is 59.3 Å². The largest absolute Gasteiger partial charge is 0.485 e. The number of anilines is 1. The predicted octanol–water partition coefficient (Wildman–Crippen LogP) is 4.14. The zero-order chi connectivity index (χ0) is 19.8. The summed E-state index contributed by atoms with van der Waals surface area (Å²) in [5.74, 6) is 0.872. The maximum atomic E-state index is 13.0. The maximum absolute atomic E-state index is 13.0. The van der Waals surface area contributed by atoms with Crippen LogP contribution in [0.2, 0.25) is 0 Å². The van der Waals surface area contributed by atoms with Crippen LogP contribution < -0.4 is 9.64 Å². The minimum Gasteiger partial charge on any atom is -0.485 e. The molecule has 0 saturated carbocycles. The Bertz CT molecular complexity index is 1020. The number of fused-ring (bicyclic) bond motifs is 2. The molecule has 0 aliphatic carbocycles. The highest BCUT2D eigenvalue weighted by atomic mass is 16.5. The van der Waals surface area contributed by atoms with Crippen molar-refractivity contribution >= 4 is 22.5 Å². The number of rotatable bonds is 4. The van der Waals surface area contributed by atoms with Crippen molar-refractivity contribution in [2.75, 3.05) is 31.6 Å². The van der Waals surface area contributed by atoms with Gasteiger partial charge in [0.05, 0.1) is 18.8 Å². The lowest BCUT2D eigenvalue weighted by atomic mass is 10.1. The summed E-state index contributed by atoms with van der Waals surface area (Å²) in [6.45, 7) is 8.51. The van der Waals surface area contributed by atoms with Crippen molar-refractivity contribution < 1.29 is 9.53 Å². The minimum absolute atomic E-state index is 0.0150. The van der Waals surface area contributed by atoms with Crippen molar-refractivity contribution in [2.45, 2.75) is 26.9 Å². The number of benzene rings is 2. The van der Waals surface area contributed by atoms with E-state index in [2.05, 4.69) is 48.9 Å². The standard InChI is InChI=1S/C23H27N3O2/c1-5-26-14-17(28-22-9-7-6-8-21(22)26)13-25(4)23(27)20-12-18-16(3)10-15(2)11-19(18)24-20/h6-12,17,24H,5,13-14H2,1-4H3/t17-/m0/s1. The first-order chi connectivity index (χ1) is 13.5. The number of H-pyrrole nitrogens is 1. The van der Waals surface area contributed by atoms with Crippen LogP contribution in [0.15, 0.2) is 42.5 Å². The number of likely N-dealkylation sites (N-methyl/N-ethyl adjacent to an activating group) is 2. The Morgan fingerprint density at radius 1 is 1.25 bits per heavy atom. The van der Waals surface area contributed by atoms with Crippen molar-refractivity contribution in [1.82, 2.24) is 9.88 Å². The molecule has 2 aromatic carbocycles. The van der Waals surface area contributed by atoms with E-state index in [1.165, 1.54) is 11.1 Å². The predicted molar refractivity (Wildman–Crippen MR) is 113 cm³/mol. The molecule has 0 unspecified atom stereocenters. The smallest absolute Gasteiger partial charge is 0.270 e. The zero-order valence-corrected chi connectivity index (χ0v) is 17.0. The van der Waals surface area contributed by atoms with Gasteiger partial charge in [0.15, 0.2) is 0 Å². The van der Waals surface area contributed by atoms with Gasteiger partial charge in [0.2, 0.25) is 0 Å². The lowest BCUT2D eigenvalue weighted by Gasteiger charge is -2.37. The number of carbonyl (C=O) groups excluding carboxylic acids is 1. The second kappa shape index (κ2) is 7.23. The van der Waals surface area contributed by atoms with Crippen molar-refractivity contribution in [3.63, 3.8) is 0 Å². The number of amides is 1. The lowest BCUT2D eigenvalue weighted by Crippen LogP contribution is -2.46. The molecule has 1 amide bonds. The molecule has 146 valence electrons. The van der Waals surface area contributed by atoms with Crippen LogP contribution in [0.1, 0.15) is 28.5 Å². The Balaban J connectivity index is 1.52. The fourth-order valence-electron chi connectivity index (χ4n) is 4.08. The number of carbonyl (C=O) groups is 1. The van der Waals surface area contributed by atoms with Gasteiger partial charge in [-0.25, -0.2) is 0 Å². The van der Waals surface area contributed by atoms with E-state index in [-0.39, 0.29) is 12.0 Å². The number of aryl methyl sites for hydroxylation is 2. The van der Waals surface area contributed by atoms with Crippen LogP contribution in [0.3, 0.4) is 0 Å². The fourth-order valence-corrected chi connectivity index (χ4v) is 4.08. The van der Waals surface area contributed by atoms with Crippen molar-refractivity contribution in [2.24, 2.45) is 0 Å². The van der Waals surface area contributed by atoms with Gasteiger partial charge in [-0.15, -0.1) is 0 Å². The number of ether oxygens (including phenoxy) is 1. The first kappa shape index (κ1) is 18.4. The molecule has 0 spiro atoms. The van der Waals surface area contributed by atoms with E-state index < -0.39 is 0 Å². The molecule has 1 aromatic heterocycles. The molecule has 1 atom stereocenters. The van der Waals surface area contributed by atoms with Gasteiger partial charge in [-0.1, -0.05) is 18.2 Å². The Kier molecular flexibility index (Phi) is 4.75. The summed E-state index contributed by atoms with van der Waals surface area (Å²) in [4.78, 5) is 20.3. The van der Waals surface area contributed by atoms with E-state index in [0.717, 1.165) is 35.4 Å². The number of hydrogen-bond donors (Lipinski definition) is 1. The number of nitrogens with zero attached hydrogens (tertiary/aromatic N) is 2. The first-order valence-electron chi connectivity index (χ1n) is 9.82. The molecule has 5 heteroatoms. The molecule has 28 heavy (non-hydrogen) atoms. The van der Waals surface area contributed by atoms with Crippen LogP contribution in [0.25, 0.3) is 10.9 Å². The zero-order valence-electron chi connectivity index (χ0n) is 17.0. The molecule has 1 aliphatic heterocycles. The second-order valence-electron chi connectivity index (χ2n) is 7.66. The number of hydrogen-bond acceptors (Lipinski definition) is 3. The molecule has 0 radical (unpaired) electrons. The van der Waals surface area contributed by atoms with Gasteiger partial charge in [-0.3, -0.25) is 4.79 Å². The fraction of sp³-hybridized carbons (Fsp3) is 0.348. The minimum atomic E-state index is -0.0582. The molecular formula is C23H27N3O2. The maximum Gasteiger partial charge on any atom is 0.270 e. The van der Waals surface area contributed by atoms with Crippen molar-refractivity contribution in [1.29, 1.82) is 0 Å². The number of aromatic amines is 1. The normalized spacial score (nSPS) is 16.0. The Labute approximate surface area is 165 Å². The van der Waals surface area contributed by atoms with Gasteiger partial charge in [0.1, 0.15) is 17.5 Å². The Hall–Kier alpha value is -2.95. The summed E-state index contributed by atoms with van der Waals surface area (Å²) < 4.78 is 6.17. The van der Waals surface area contributed by atoms with Crippen LogP contribution in [-0.2, 0) is 0 Å². The van der Waals surface area contributed by atoms with Crippen LogP contribution in [-0.4, -0.2) is 48.6 Å². The van der Waals surface area contributed by atoms with Gasteiger partial charge in [-0.2, -0.15) is 0 Å². The van der Waals surface area contributed by atoms with E-state index in [9.17, 15) is 4.79 Å². The highest BCUT2D eigenvalue weighted by Gasteiger charge is 2.27. The van der Waals surface area contributed by atoms with Gasteiger partial charge >= 0.3 is 0 Å². The number of nitrogens with one attached hydrogen (secondary N) is 1. The van der Waals surface area contributed by atoms with Crippen LogP contribution in [0.4, 0.5) is 5.69 Å². The summed E-state index contributed by atoms with van der Waals surface area (Å²) >= 11 is 0. The average Bonchev–Trinajstić information content (AvgIpc) is 3.11. The quantitative estimate of drug-likeness (QED) is 0.743. The average molecular weight is 377 g/mol.